The molecule has 1 aliphatic rings. The SMILES string of the molecule is NCCCC(NC(=O)C1(C(=O)NCc2ccccc2)CC1)B(O)O. The Hall–Kier alpha value is -1.90. The highest BCUT2D eigenvalue weighted by atomic mass is 16.4. The van der Waals surface area contributed by atoms with E-state index in [1.807, 2.05) is 30.3 Å². The minimum atomic E-state index is -1.68. The molecule has 0 aliphatic heterocycles. The van der Waals surface area contributed by atoms with Gasteiger partial charge >= 0.3 is 7.12 Å². The smallest absolute Gasteiger partial charge is 0.426 e. The van der Waals surface area contributed by atoms with Gasteiger partial charge in [-0.05, 0) is 37.8 Å². The average molecular weight is 333 g/mol. The maximum atomic E-state index is 12.4. The van der Waals surface area contributed by atoms with Crippen LogP contribution in [0.5, 0.6) is 0 Å². The molecule has 8 heteroatoms. The Labute approximate surface area is 141 Å². The number of benzene rings is 1. The lowest BCUT2D eigenvalue weighted by atomic mass is 9.76. The number of hydrogen-bond donors (Lipinski definition) is 5. The minimum absolute atomic E-state index is 0.325. The second-order valence-corrected chi connectivity index (χ2v) is 6.17. The normalized spacial score (nSPS) is 16.1. The molecule has 24 heavy (non-hydrogen) atoms. The second kappa shape index (κ2) is 8.28. The van der Waals surface area contributed by atoms with E-state index >= 15 is 0 Å². The summed E-state index contributed by atoms with van der Waals surface area (Å²) >= 11 is 0. The zero-order valence-electron chi connectivity index (χ0n) is 13.6. The van der Waals surface area contributed by atoms with Crippen LogP contribution < -0.4 is 16.4 Å². The van der Waals surface area contributed by atoms with E-state index in [-0.39, 0.29) is 5.91 Å². The first-order valence-electron chi connectivity index (χ1n) is 8.19. The molecule has 0 heterocycles. The average Bonchev–Trinajstić information content (AvgIpc) is 3.39. The van der Waals surface area contributed by atoms with Crippen molar-refractivity contribution in [3.8, 4) is 0 Å². The topological polar surface area (TPSA) is 125 Å². The van der Waals surface area contributed by atoms with E-state index in [2.05, 4.69) is 10.6 Å². The van der Waals surface area contributed by atoms with Crippen molar-refractivity contribution in [1.82, 2.24) is 10.6 Å². The molecule has 6 N–H and O–H groups in total. The summed E-state index contributed by atoms with van der Waals surface area (Å²) in [6, 6.07) is 9.44. The molecule has 1 unspecified atom stereocenters. The number of hydrogen-bond acceptors (Lipinski definition) is 5. The number of carbonyl (C=O) groups is 2. The van der Waals surface area contributed by atoms with Gasteiger partial charge in [-0.1, -0.05) is 30.3 Å². The van der Waals surface area contributed by atoms with Gasteiger partial charge in [0.05, 0.1) is 5.94 Å². The predicted octanol–water partition coefficient (Wildman–Crippen LogP) is -0.681. The van der Waals surface area contributed by atoms with Crippen molar-refractivity contribution in [2.45, 2.75) is 38.2 Å². The summed E-state index contributed by atoms with van der Waals surface area (Å²) in [5.41, 5.74) is 5.27. The molecule has 0 radical (unpaired) electrons. The predicted molar refractivity (Wildman–Crippen MR) is 90.4 cm³/mol. The van der Waals surface area contributed by atoms with Gasteiger partial charge in [-0.2, -0.15) is 0 Å². The van der Waals surface area contributed by atoms with Crippen molar-refractivity contribution >= 4 is 18.9 Å². The maximum Gasteiger partial charge on any atom is 0.475 e. The maximum absolute atomic E-state index is 12.4. The Bertz CT molecular complexity index is 564. The number of amides is 2. The lowest BCUT2D eigenvalue weighted by Crippen LogP contribution is -2.52. The van der Waals surface area contributed by atoms with Crippen molar-refractivity contribution in [2.24, 2.45) is 11.1 Å². The molecule has 0 spiro atoms. The number of rotatable bonds is 9. The zero-order chi connectivity index (χ0) is 17.6. The van der Waals surface area contributed by atoms with Crippen molar-refractivity contribution < 1.29 is 19.6 Å². The molecular weight excluding hydrogens is 309 g/mol. The van der Waals surface area contributed by atoms with E-state index in [1.165, 1.54) is 0 Å². The fraction of sp³-hybridized carbons (Fsp3) is 0.500. The largest absolute Gasteiger partial charge is 0.475 e. The van der Waals surface area contributed by atoms with Crippen molar-refractivity contribution in [3.05, 3.63) is 35.9 Å². The lowest BCUT2D eigenvalue weighted by molar-refractivity contribution is -0.137. The highest BCUT2D eigenvalue weighted by Gasteiger charge is 2.57. The van der Waals surface area contributed by atoms with Gasteiger partial charge in [0.2, 0.25) is 11.8 Å². The van der Waals surface area contributed by atoms with Gasteiger partial charge < -0.3 is 26.4 Å². The Morgan fingerprint density at radius 3 is 2.42 bits per heavy atom. The van der Waals surface area contributed by atoms with Crippen LogP contribution >= 0.6 is 0 Å². The molecule has 1 aliphatic carbocycles. The van der Waals surface area contributed by atoms with Crippen LogP contribution in [-0.2, 0) is 16.1 Å². The van der Waals surface area contributed by atoms with Crippen molar-refractivity contribution in [2.75, 3.05) is 6.54 Å². The molecule has 0 saturated heterocycles. The summed E-state index contributed by atoms with van der Waals surface area (Å²) < 4.78 is 0. The van der Waals surface area contributed by atoms with Crippen molar-refractivity contribution in [1.29, 1.82) is 0 Å². The van der Waals surface area contributed by atoms with E-state index in [9.17, 15) is 19.6 Å². The standard InChI is InChI=1S/C16H24BN3O4/c18-10-4-7-13(17(23)24)20-15(22)16(8-9-16)14(21)19-11-12-5-2-1-3-6-12/h1-3,5-6,13,23-24H,4,7-11,18H2,(H,19,21)(H,20,22). The van der Waals surface area contributed by atoms with Gasteiger partial charge in [0, 0.05) is 6.54 Å². The molecule has 7 nitrogen and oxygen atoms in total. The molecule has 2 amide bonds. The summed E-state index contributed by atoms with van der Waals surface area (Å²) in [4.78, 5) is 24.8. The summed E-state index contributed by atoms with van der Waals surface area (Å²) in [6.45, 7) is 0.746. The highest BCUT2D eigenvalue weighted by Crippen LogP contribution is 2.46. The van der Waals surface area contributed by atoms with E-state index in [0.717, 1.165) is 5.56 Å². The second-order valence-electron chi connectivity index (χ2n) is 6.17. The van der Waals surface area contributed by atoms with Crippen LogP contribution in [0.1, 0.15) is 31.2 Å². The molecule has 1 fully saturated rings. The van der Waals surface area contributed by atoms with Crippen molar-refractivity contribution in [3.63, 3.8) is 0 Å². The zero-order valence-corrected chi connectivity index (χ0v) is 13.6. The molecule has 0 aromatic heterocycles. The van der Waals surface area contributed by atoms with Gasteiger partial charge in [0.1, 0.15) is 5.41 Å². The minimum Gasteiger partial charge on any atom is -0.426 e. The first-order valence-corrected chi connectivity index (χ1v) is 8.19. The summed E-state index contributed by atoms with van der Waals surface area (Å²) in [5.74, 6) is -1.60. The highest BCUT2D eigenvalue weighted by molar-refractivity contribution is 6.43. The Morgan fingerprint density at radius 2 is 1.88 bits per heavy atom. The quantitative estimate of drug-likeness (QED) is 0.302. The molecule has 130 valence electrons. The third-order valence-electron chi connectivity index (χ3n) is 4.31. The van der Waals surface area contributed by atoms with E-state index in [0.29, 0.717) is 38.8 Å². The molecule has 1 atom stereocenters. The summed E-state index contributed by atoms with van der Waals surface area (Å²) in [6.07, 6.45) is 1.83. The van der Waals surface area contributed by atoms with Crippen LogP contribution in [0.2, 0.25) is 0 Å². The van der Waals surface area contributed by atoms with Crippen LogP contribution in [0.3, 0.4) is 0 Å². The molecule has 1 saturated carbocycles. The van der Waals surface area contributed by atoms with Crippen LogP contribution in [0.15, 0.2) is 30.3 Å². The van der Waals surface area contributed by atoms with Crippen LogP contribution in [0.4, 0.5) is 0 Å². The van der Waals surface area contributed by atoms with E-state index in [1.54, 1.807) is 0 Å². The first-order chi connectivity index (χ1) is 11.5. The Kier molecular flexibility index (Phi) is 6.36. The van der Waals surface area contributed by atoms with Crippen LogP contribution in [-0.4, -0.2) is 41.5 Å². The summed E-state index contributed by atoms with van der Waals surface area (Å²) in [7, 11) is -1.68. The third-order valence-corrected chi connectivity index (χ3v) is 4.31. The van der Waals surface area contributed by atoms with Crippen LogP contribution in [0.25, 0.3) is 0 Å². The van der Waals surface area contributed by atoms with Gasteiger partial charge in [-0.25, -0.2) is 0 Å². The van der Waals surface area contributed by atoms with Gasteiger partial charge in [-0.15, -0.1) is 0 Å². The summed E-state index contributed by atoms with van der Waals surface area (Å²) in [5, 5.41) is 24.1. The van der Waals surface area contributed by atoms with Gasteiger partial charge in [-0.3, -0.25) is 9.59 Å². The lowest BCUT2D eigenvalue weighted by Gasteiger charge is -2.21. The molecular formula is C16H24BN3O4. The molecule has 2 rings (SSSR count). The number of carbonyl (C=O) groups excluding carboxylic acids is 2. The fourth-order valence-corrected chi connectivity index (χ4v) is 2.57. The van der Waals surface area contributed by atoms with Gasteiger partial charge in [0.15, 0.2) is 0 Å². The molecule has 1 aromatic carbocycles. The Morgan fingerprint density at radius 1 is 1.21 bits per heavy atom. The Balaban J connectivity index is 1.91. The number of nitrogens with two attached hydrogens (primary N) is 1. The monoisotopic (exact) mass is 333 g/mol. The first kappa shape index (κ1) is 18.4. The molecule has 1 aromatic rings. The number of nitrogens with one attached hydrogen (secondary N) is 2. The van der Waals surface area contributed by atoms with Gasteiger partial charge in [0.25, 0.3) is 0 Å². The van der Waals surface area contributed by atoms with Crippen LogP contribution in [0, 0.1) is 5.41 Å². The van der Waals surface area contributed by atoms with E-state index in [4.69, 9.17) is 5.73 Å². The third kappa shape index (κ3) is 4.56. The fourth-order valence-electron chi connectivity index (χ4n) is 2.57. The van der Waals surface area contributed by atoms with E-state index < -0.39 is 24.4 Å². The molecule has 0 bridgehead atoms.